The smallest absolute Gasteiger partial charge is 0.243 e. The van der Waals surface area contributed by atoms with Gasteiger partial charge in [-0.3, -0.25) is 9.10 Å². The number of benzene rings is 2. The first-order valence-corrected chi connectivity index (χ1v) is 11.6. The SMILES string of the molecule is COc1ccc(N([C@@H](C)C(=O)NCCOc2cc(C)ccc2C)S(C)(=O)=O)cc1Cl. The van der Waals surface area contributed by atoms with Gasteiger partial charge in [-0.1, -0.05) is 23.7 Å². The van der Waals surface area contributed by atoms with Gasteiger partial charge in [0.05, 0.1) is 30.6 Å². The fourth-order valence-electron chi connectivity index (χ4n) is 2.95. The van der Waals surface area contributed by atoms with E-state index >= 15 is 0 Å². The topological polar surface area (TPSA) is 84.9 Å². The van der Waals surface area contributed by atoms with E-state index < -0.39 is 22.0 Å². The van der Waals surface area contributed by atoms with Gasteiger partial charge in [0.2, 0.25) is 15.9 Å². The molecule has 0 saturated carbocycles. The highest BCUT2D eigenvalue weighted by Gasteiger charge is 2.29. The molecule has 0 aliphatic rings. The Kier molecular flexibility index (Phi) is 7.97. The summed E-state index contributed by atoms with van der Waals surface area (Å²) in [7, 11) is -2.28. The predicted molar refractivity (Wildman–Crippen MR) is 119 cm³/mol. The minimum Gasteiger partial charge on any atom is -0.495 e. The Labute approximate surface area is 183 Å². The Bertz CT molecular complexity index is 1010. The second kappa shape index (κ2) is 10.0. The van der Waals surface area contributed by atoms with E-state index in [9.17, 15) is 13.2 Å². The van der Waals surface area contributed by atoms with Gasteiger partial charge in [0.1, 0.15) is 24.1 Å². The zero-order valence-electron chi connectivity index (χ0n) is 17.7. The van der Waals surface area contributed by atoms with Crippen LogP contribution < -0.4 is 19.1 Å². The summed E-state index contributed by atoms with van der Waals surface area (Å²) in [5, 5.41) is 2.97. The van der Waals surface area contributed by atoms with Gasteiger partial charge in [0.25, 0.3) is 0 Å². The fraction of sp³-hybridized carbons (Fsp3) is 0.381. The minimum absolute atomic E-state index is 0.234. The molecule has 0 aliphatic heterocycles. The number of methoxy groups -OCH3 is 1. The molecule has 2 aromatic rings. The molecule has 0 aromatic heterocycles. The largest absolute Gasteiger partial charge is 0.495 e. The second-order valence-electron chi connectivity index (χ2n) is 6.96. The number of amides is 1. The van der Waals surface area contributed by atoms with Crippen LogP contribution in [0.1, 0.15) is 18.1 Å². The van der Waals surface area contributed by atoms with Crippen molar-refractivity contribution in [2.24, 2.45) is 0 Å². The molecule has 7 nitrogen and oxygen atoms in total. The van der Waals surface area contributed by atoms with Crippen molar-refractivity contribution in [1.29, 1.82) is 0 Å². The molecule has 0 bridgehead atoms. The second-order valence-corrected chi connectivity index (χ2v) is 9.23. The summed E-state index contributed by atoms with van der Waals surface area (Å²) >= 11 is 6.13. The van der Waals surface area contributed by atoms with E-state index in [1.54, 1.807) is 12.1 Å². The number of hydrogen-bond donors (Lipinski definition) is 1. The number of nitrogens with zero attached hydrogens (tertiary/aromatic N) is 1. The van der Waals surface area contributed by atoms with E-state index in [2.05, 4.69) is 5.32 Å². The number of halogens is 1. The van der Waals surface area contributed by atoms with Crippen LogP contribution in [0.3, 0.4) is 0 Å². The summed E-state index contributed by atoms with van der Waals surface area (Å²) in [5.74, 6) is 0.717. The maximum absolute atomic E-state index is 12.6. The number of sulfonamides is 1. The highest BCUT2D eigenvalue weighted by atomic mass is 35.5. The third-order valence-corrected chi connectivity index (χ3v) is 6.02. The molecule has 9 heteroatoms. The number of nitrogens with one attached hydrogen (secondary N) is 1. The molecule has 0 saturated heterocycles. The average molecular weight is 455 g/mol. The molecule has 2 rings (SSSR count). The lowest BCUT2D eigenvalue weighted by atomic mass is 10.1. The quantitative estimate of drug-likeness (QED) is 0.587. The predicted octanol–water partition coefficient (Wildman–Crippen LogP) is 3.32. The zero-order valence-corrected chi connectivity index (χ0v) is 19.3. The average Bonchev–Trinajstić information content (AvgIpc) is 2.66. The van der Waals surface area contributed by atoms with Crippen molar-refractivity contribution in [2.75, 3.05) is 30.8 Å². The number of aryl methyl sites for hydroxylation is 2. The molecule has 164 valence electrons. The third-order valence-electron chi connectivity index (χ3n) is 4.48. The molecule has 0 heterocycles. The van der Waals surface area contributed by atoms with Crippen molar-refractivity contribution in [3.05, 3.63) is 52.5 Å². The first-order valence-electron chi connectivity index (χ1n) is 9.35. The summed E-state index contributed by atoms with van der Waals surface area (Å²) in [4.78, 5) is 12.6. The van der Waals surface area contributed by atoms with Crippen molar-refractivity contribution in [3.63, 3.8) is 0 Å². The number of carbonyl (C=O) groups is 1. The van der Waals surface area contributed by atoms with Crippen molar-refractivity contribution in [1.82, 2.24) is 5.32 Å². The Balaban J connectivity index is 2.05. The van der Waals surface area contributed by atoms with Crippen LogP contribution in [0, 0.1) is 13.8 Å². The molecule has 2 aromatic carbocycles. The van der Waals surface area contributed by atoms with Crippen LogP contribution in [0.25, 0.3) is 0 Å². The van der Waals surface area contributed by atoms with Crippen LogP contribution in [-0.4, -0.2) is 46.9 Å². The summed E-state index contributed by atoms with van der Waals surface area (Å²) in [6.07, 6.45) is 1.04. The van der Waals surface area contributed by atoms with E-state index in [0.29, 0.717) is 5.75 Å². The van der Waals surface area contributed by atoms with Crippen molar-refractivity contribution >= 4 is 33.2 Å². The van der Waals surface area contributed by atoms with E-state index in [4.69, 9.17) is 21.1 Å². The van der Waals surface area contributed by atoms with Gasteiger partial charge < -0.3 is 14.8 Å². The molecule has 0 spiro atoms. The minimum atomic E-state index is -3.74. The monoisotopic (exact) mass is 454 g/mol. The summed E-state index contributed by atoms with van der Waals surface area (Å²) in [6, 6.07) is 9.46. The molecule has 30 heavy (non-hydrogen) atoms. The molecule has 1 amide bonds. The Morgan fingerprint density at radius 2 is 1.87 bits per heavy atom. The van der Waals surface area contributed by atoms with E-state index in [-0.39, 0.29) is 23.9 Å². The van der Waals surface area contributed by atoms with Gasteiger partial charge in [-0.25, -0.2) is 8.42 Å². The van der Waals surface area contributed by atoms with Crippen LogP contribution in [-0.2, 0) is 14.8 Å². The van der Waals surface area contributed by atoms with Gasteiger partial charge in [-0.05, 0) is 56.2 Å². The van der Waals surface area contributed by atoms with Gasteiger partial charge in [0, 0.05) is 0 Å². The van der Waals surface area contributed by atoms with Gasteiger partial charge in [0.15, 0.2) is 0 Å². The number of anilines is 1. The van der Waals surface area contributed by atoms with Crippen LogP contribution in [0.5, 0.6) is 11.5 Å². The van der Waals surface area contributed by atoms with E-state index in [0.717, 1.165) is 27.4 Å². The summed E-state index contributed by atoms with van der Waals surface area (Å²) < 4.78 is 36.6. The van der Waals surface area contributed by atoms with Crippen LogP contribution in [0.4, 0.5) is 5.69 Å². The molecule has 0 aliphatic carbocycles. The van der Waals surface area contributed by atoms with Gasteiger partial charge in [-0.2, -0.15) is 0 Å². The highest BCUT2D eigenvalue weighted by molar-refractivity contribution is 7.92. The normalized spacial score (nSPS) is 12.2. The maximum Gasteiger partial charge on any atom is 0.243 e. The van der Waals surface area contributed by atoms with Crippen LogP contribution >= 0.6 is 11.6 Å². The molecule has 0 unspecified atom stereocenters. The van der Waals surface area contributed by atoms with Crippen LogP contribution in [0.15, 0.2) is 36.4 Å². The molecule has 1 atom stereocenters. The van der Waals surface area contributed by atoms with Crippen molar-refractivity contribution in [3.8, 4) is 11.5 Å². The number of rotatable bonds is 9. The molecular weight excluding hydrogens is 428 g/mol. The molecule has 0 radical (unpaired) electrons. The molecule has 1 N–H and O–H groups in total. The number of carbonyl (C=O) groups excluding carboxylic acids is 1. The summed E-state index contributed by atoms with van der Waals surface area (Å²) in [6.45, 7) is 5.92. The third kappa shape index (κ3) is 6.03. The van der Waals surface area contributed by atoms with Crippen molar-refractivity contribution < 1.29 is 22.7 Å². The Morgan fingerprint density at radius 1 is 1.17 bits per heavy atom. The molecular formula is C21H27ClN2O5S. The lowest BCUT2D eigenvalue weighted by Gasteiger charge is -2.28. The summed E-state index contributed by atoms with van der Waals surface area (Å²) in [5.41, 5.74) is 2.35. The van der Waals surface area contributed by atoms with Gasteiger partial charge >= 0.3 is 0 Å². The van der Waals surface area contributed by atoms with Crippen LogP contribution in [0.2, 0.25) is 5.02 Å². The number of ether oxygens (including phenoxy) is 2. The van der Waals surface area contributed by atoms with Crippen molar-refractivity contribution in [2.45, 2.75) is 26.8 Å². The van der Waals surface area contributed by atoms with E-state index in [1.807, 2.05) is 32.0 Å². The first kappa shape index (κ1) is 23.8. The lowest BCUT2D eigenvalue weighted by molar-refractivity contribution is -0.121. The number of hydrogen-bond acceptors (Lipinski definition) is 5. The maximum atomic E-state index is 12.6. The Morgan fingerprint density at radius 3 is 2.47 bits per heavy atom. The fourth-order valence-corrected chi connectivity index (χ4v) is 4.37. The lowest BCUT2D eigenvalue weighted by Crippen LogP contribution is -2.48. The molecule has 0 fully saturated rings. The van der Waals surface area contributed by atoms with Gasteiger partial charge in [-0.15, -0.1) is 0 Å². The first-order chi connectivity index (χ1) is 14.0. The van der Waals surface area contributed by atoms with E-state index in [1.165, 1.54) is 20.1 Å². The zero-order chi connectivity index (χ0) is 22.5. The Hall–Kier alpha value is -2.45. The standard InChI is InChI=1S/C21H27ClN2O5S/c1-14-6-7-15(2)20(12-14)29-11-10-23-21(25)16(3)24(30(5,26)27)17-8-9-19(28-4)18(22)13-17/h6-9,12-13,16H,10-11H2,1-5H3,(H,23,25)/t16-/m0/s1. The highest BCUT2D eigenvalue weighted by Crippen LogP contribution is 2.31.